The number of benzene rings is 2. The standard InChI is InChI=1S/C23H29NO3/c1-3-4-5-6-7-8-13-21(23(26)27-2)24-22(25)17-18-14-15-19-11-9-10-12-20(19)16-18/h3,9-12,14-16,21H,1,4-8,13,17H2,2H3,(H,24,25)/t21-/m1/s1. The maximum atomic E-state index is 12.4. The molecule has 4 heteroatoms. The summed E-state index contributed by atoms with van der Waals surface area (Å²) in [6, 6.07) is 13.4. The summed E-state index contributed by atoms with van der Waals surface area (Å²) in [6.07, 6.45) is 7.91. The van der Waals surface area contributed by atoms with E-state index < -0.39 is 6.04 Å². The lowest BCUT2D eigenvalue weighted by Gasteiger charge is -2.16. The molecule has 0 bridgehead atoms. The number of carbonyl (C=O) groups excluding carboxylic acids is 2. The molecular weight excluding hydrogens is 338 g/mol. The van der Waals surface area contributed by atoms with Gasteiger partial charge in [0.25, 0.3) is 0 Å². The maximum absolute atomic E-state index is 12.4. The highest BCUT2D eigenvalue weighted by molar-refractivity contribution is 5.87. The summed E-state index contributed by atoms with van der Waals surface area (Å²) in [7, 11) is 1.36. The van der Waals surface area contributed by atoms with Crippen LogP contribution in [0.1, 0.15) is 44.1 Å². The van der Waals surface area contributed by atoms with E-state index in [0.717, 1.165) is 48.4 Å². The van der Waals surface area contributed by atoms with Gasteiger partial charge in [-0.15, -0.1) is 6.58 Å². The Bertz CT molecular complexity index is 769. The number of fused-ring (bicyclic) bond motifs is 1. The molecule has 0 aliphatic carbocycles. The first kappa shape index (κ1) is 20.7. The molecule has 2 rings (SSSR count). The molecule has 27 heavy (non-hydrogen) atoms. The van der Waals surface area contributed by atoms with Crippen molar-refractivity contribution in [2.45, 2.75) is 51.0 Å². The van der Waals surface area contributed by atoms with Crippen molar-refractivity contribution in [2.24, 2.45) is 0 Å². The van der Waals surface area contributed by atoms with Crippen molar-refractivity contribution in [3.63, 3.8) is 0 Å². The second kappa shape index (κ2) is 11.2. The van der Waals surface area contributed by atoms with Crippen molar-refractivity contribution in [1.82, 2.24) is 5.32 Å². The summed E-state index contributed by atoms with van der Waals surface area (Å²) in [6.45, 7) is 3.72. The van der Waals surface area contributed by atoms with Gasteiger partial charge in [0.2, 0.25) is 5.91 Å². The van der Waals surface area contributed by atoms with Crippen LogP contribution in [0.25, 0.3) is 10.8 Å². The number of methoxy groups -OCH3 is 1. The highest BCUT2D eigenvalue weighted by atomic mass is 16.5. The zero-order chi connectivity index (χ0) is 19.5. The van der Waals surface area contributed by atoms with Gasteiger partial charge in [0.1, 0.15) is 6.04 Å². The van der Waals surface area contributed by atoms with E-state index in [4.69, 9.17) is 4.74 Å². The van der Waals surface area contributed by atoms with Crippen molar-refractivity contribution in [1.29, 1.82) is 0 Å². The van der Waals surface area contributed by atoms with Gasteiger partial charge in [-0.05, 0) is 35.6 Å². The van der Waals surface area contributed by atoms with Crippen molar-refractivity contribution in [2.75, 3.05) is 7.11 Å². The first-order chi connectivity index (χ1) is 13.1. The second-order valence-electron chi connectivity index (χ2n) is 6.78. The number of allylic oxidation sites excluding steroid dienone is 1. The molecule has 144 valence electrons. The highest BCUT2D eigenvalue weighted by Crippen LogP contribution is 2.16. The average Bonchev–Trinajstić information content (AvgIpc) is 2.69. The number of ether oxygens (including phenoxy) is 1. The largest absolute Gasteiger partial charge is 0.467 e. The summed E-state index contributed by atoms with van der Waals surface area (Å²) in [5, 5.41) is 5.08. The zero-order valence-corrected chi connectivity index (χ0v) is 16.1. The number of carbonyl (C=O) groups is 2. The van der Waals surface area contributed by atoms with Crippen LogP contribution in [0.15, 0.2) is 55.1 Å². The van der Waals surface area contributed by atoms with Crippen LogP contribution >= 0.6 is 0 Å². The monoisotopic (exact) mass is 367 g/mol. The Labute approximate surface area is 161 Å². The third kappa shape index (κ3) is 6.89. The average molecular weight is 367 g/mol. The third-order valence-corrected chi connectivity index (χ3v) is 4.65. The molecule has 0 saturated heterocycles. The van der Waals surface area contributed by atoms with Crippen molar-refractivity contribution >= 4 is 22.6 Å². The van der Waals surface area contributed by atoms with Gasteiger partial charge in [-0.3, -0.25) is 4.79 Å². The third-order valence-electron chi connectivity index (χ3n) is 4.65. The second-order valence-corrected chi connectivity index (χ2v) is 6.78. The molecule has 4 nitrogen and oxygen atoms in total. The number of unbranched alkanes of at least 4 members (excludes halogenated alkanes) is 4. The number of esters is 1. The minimum atomic E-state index is -0.581. The molecule has 2 aromatic rings. The van der Waals surface area contributed by atoms with Gasteiger partial charge in [-0.2, -0.15) is 0 Å². The van der Waals surface area contributed by atoms with E-state index in [1.54, 1.807) is 0 Å². The van der Waals surface area contributed by atoms with Gasteiger partial charge in [0.05, 0.1) is 13.5 Å². The number of hydrogen-bond donors (Lipinski definition) is 1. The lowest BCUT2D eigenvalue weighted by Crippen LogP contribution is -2.42. The molecule has 0 fully saturated rings. The molecule has 0 radical (unpaired) electrons. The number of rotatable bonds is 11. The molecule has 0 heterocycles. The minimum Gasteiger partial charge on any atom is -0.467 e. The Kier molecular flexibility index (Phi) is 8.56. The van der Waals surface area contributed by atoms with E-state index in [0.29, 0.717) is 6.42 Å². The van der Waals surface area contributed by atoms with E-state index in [1.807, 2.05) is 48.5 Å². The predicted molar refractivity (Wildman–Crippen MR) is 109 cm³/mol. The molecule has 0 unspecified atom stereocenters. The molecule has 1 atom stereocenters. The Hall–Kier alpha value is -2.62. The molecule has 0 saturated carbocycles. The zero-order valence-electron chi connectivity index (χ0n) is 16.1. The van der Waals surface area contributed by atoms with E-state index in [1.165, 1.54) is 7.11 Å². The summed E-state index contributed by atoms with van der Waals surface area (Å²) >= 11 is 0. The lowest BCUT2D eigenvalue weighted by atomic mass is 10.0. The fraction of sp³-hybridized carbons (Fsp3) is 0.391. The quantitative estimate of drug-likeness (QED) is 0.360. The van der Waals surface area contributed by atoms with Crippen molar-refractivity contribution in [3.05, 3.63) is 60.7 Å². The molecule has 0 aliphatic heterocycles. The highest BCUT2D eigenvalue weighted by Gasteiger charge is 2.21. The number of hydrogen-bond acceptors (Lipinski definition) is 3. The fourth-order valence-electron chi connectivity index (χ4n) is 3.16. The van der Waals surface area contributed by atoms with E-state index >= 15 is 0 Å². The number of amides is 1. The number of nitrogens with one attached hydrogen (secondary N) is 1. The first-order valence-electron chi connectivity index (χ1n) is 9.60. The van der Waals surface area contributed by atoms with Crippen LogP contribution in [0.2, 0.25) is 0 Å². The summed E-state index contributed by atoms with van der Waals surface area (Å²) in [5.74, 6) is -0.541. The van der Waals surface area contributed by atoms with Crippen molar-refractivity contribution < 1.29 is 14.3 Å². The molecule has 0 aromatic heterocycles. The van der Waals surface area contributed by atoms with Gasteiger partial charge in [0, 0.05) is 0 Å². The van der Waals surface area contributed by atoms with Crippen LogP contribution in [0.5, 0.6) is 0 Å². The van der Waals surface area contributed by atoms with Crippen LogP contribution in [-0.2, 0) is 20.7 Å². The van der Waals surface area contributed by atoms with E-state index in [2.05, 4.69) is 11.9 Å². The fourth-order valence-corrected chi connectivity index (χ4v) is 3.16. The Morgan fingerprint density at radius 3 is 2.56 bits per heavy atom. The Balaban J connectivity index is 1.87. The topological polar surface area (TPSA) is 55.4 Å². The van der Waals surface area contributed by atoms with E-state index in [-0.39, 0.29) is 18.3 Å². The molecular formula is C23H29NO3. The first-order valence-corrected chi connectivity index (χ1v) is 9.60. The van der Waals surface area contributed by atoms with Gasteiger partial charge >= 0.3 is 5.97 Å². The van der Waals surface area contributed by atoms with Gasteiger partial charge in [-0.1, -0.05) is 67.8 Å². The summed E-state index contributed by atoms with van der Waals surface area (Å²) in [5.41, 5.74) is 0.930. The van der Waals surface area contributed by atoms with Crippen molar-refractivity contribution in [3.8, 4) is 0 Å². The molecule has 0 spiro atoms. The lowest BCUT2D eigenvalue weighted by molar-refractivity contribution is -0.145. The van der Waals surface area contributed by atoms with Gasteiger partial charge in [-0.25, -0.2) is 4.79 Å². The van der Waals surface area contributed by atoms with Crippen LogP contribution in [0, 0.1) is 0 Å². The summed E-state index contributed by atoms with van der Waals surface area (Å²) in [4.78, 5) is 24.4. The molecule has 2 aromatic carbocycles. The van der Waals surface area contributed by atoms with Crippen LogP contribution in [0.3, 0.4) is 0 Å². The van der Waals surface area contributed by atoms with Gasteiger partial charge in [0.15, 0.2) is 0 Å². The predicted octanol–water partition coefficient (Wildman–Crippen LogP) is 4.57. The maximum Gasteiger partial charge on any atom is 0.328 e. The molecule has 1 amide bonds. The Morgan fingerprint density at radius 1 is 1.07 bits per heavy atom. The van der Waals surface area contributed by atoms with Gasteiger partial charge < -0.3 is 10.1 Å². The smallest absolute Gasteiger partial charge is 0.328 e. The Morgan fingerprint density at radius 2 is 1.81 bits per heavy atom. The molecule has 1 N–H and O–H groups in total. The minimum absolute atomic E-state index is 0.160. The van der Waals surface area contributed by atoms with Crippen LogP contribution in [0.4, 0.5) is 0 Å². The normalized spacial score (nSPS) is 11.7. The van der Waals surface area contributed by atoms with Crippen LogP contribution < -0.4 is 5.32 Å². The molecule has 0 aliphatic rings. The summed E-state index contributed by atoms with van der Waals surface area (Å²) < 4.78 is 4.85. The van der Waals surface area contributed by atoms with E-state index in [9.17, 15) is 9.59 Å². The SMILES string of the molecule is C=CCCCCCC[C@@H](NC(=O)Cc1ccc2ccccc2c1)C(=O)OC. The van der Waals surface area contributed by atoms with Crippen LogP contribution in [-0.4, -0.2) is 25.0 Å².